The molecule has 0 unspecified atom stereocenters. The fourth-order valence-corrected chi connectivity index (χ4v) is 3.40. The van der Waals surface area contributed by atoms with Gasteiger partial charge in [-0.15, -0.1) is 24.0 Å². The Morgan fingerprint density at radius 3 is 2.33 bits per heavy atom. The van der Waals surface area contributed by atoms with Crippen molar-refractivity contribution in [3.8, 4) is 0 Å². The zero-order valence-electron chi connectivity index (χ0n) is 18.9. The molecule has 1 saturated heterocycles. The summed E-state index contributed by atoms with van der Waals surface area (Å²) in [6.07, 6.45) is 4.37. The van der Waals surface area contributed by atoms with E-state index in [4.69, 9.17) is 4.42 Å². The van der Waals surface area contributed by atoms with Gasteiger partial charge in [-0.05, 0) is 36.5 Å². The van der Waals surface area contributed by atoms with E-state index >= 15 is 0 Å². The zero-order chi connectivity index (χ0) is 20.9. The lowest BCUT2D eigenvalue weighted by Gasteiger charge is -2.32. The number of piperidine rings is 1. The average Bonchev–Trinajstić information content (AvgIpc) is 3.19. The van der Waals surface area contributed by atoms with Crippen LogP contribution in [-0.4, -0.2) is 31.1 Å². The van der Waals surface area contributed by atoms with Crippen molar-refractivity contribution in [2.75, 3.05) is 25.0 Å². The van der Waals surface area contributed by atoms with Crippen molar-refractivity contribution in [1.29, 1.82) is 0 Å². The van der Waals surface area contributed by atoms with Gasteiger partial charge in [-0.25, -0.2) is 4.98 Å². The number of hydrogen-bond donors (Lipinski definition) is 2. The van der Waals surface area contributed by atoms with Crippen LogP contribution in [0.25, 0.3) is 0 Å². The summed E-state index contributed by atoms with van der Waals surface area (Å²) in [5, 5.41) is 6.62. The summed E-state index contributed by atoms with van der Waals surface area (Å²) in [6.45, 7) is 12.2. The van der Waals surface area contributed by atoms with Gasteiger partial charge in [0.1, 0.15) is 5.76 Å². The molecule has 2 aromatic rings. The van der Waals surface area contributed by atoms with Crippen LogP contribution in [0.4, 0.5) is 5.69 Å². The minimum absolute atomic E-state index is 0. The number of aliphatic imine (C=N–C) groups is 1. The van der Waals surface area contributed by atoms with Crippen molar-refractivity contribution >= 4 is 35.6 Å². The molecule has 0 amide bonds. The van der Waals surface area contributed by atoms with E-state index in [1.807, 2.05) is 0 Å². The second kappa shape index (κ2) is 11.0. The third kappa shape index (κ3) is 6.89. The fraction of sp³-hybridized carbons (Fsp3) is 0.565. The van der Waals surface area contributed by atoms with Crippen LogP contribution < -0.4 is 15.5 Å². The molecule has 3 rings (SSSR count). The molecule has 166 valence electrons. The normalized spacial score (nSPS) is 15.6. The van der Waals surface area contributed by atoms with Crippen LogP contribution in [0, 0.1) is 5.92 Å². The average molecular weight is 525 g/mol. The lowest BCUT2D eigenvalue weighted by atomic mass is 9.94. The zero-order valence-corrected chi connectivity index (χ0v) is 21.2. The SMILES string of the molecule is CN=C(NCc1ccc(N2CCC(C)CC2)cc1)NCc1ncc(C(C)(C)C)o1.I. The van der Waals surface area contributed by atoms with E-state index < -0.39 is 0 Å². The van der Waals surface area contributed by atoms with E-state index in [0.29, 0.717) is 12.4 Å². The van der Waals surface area contributed by atoms with Crippen molar-refractivity contribution in [1.82, 2.24) is 15.6 Å². The molecule has 7 heteroatoms. The maximum absolute atomic E-state index is 5.82. The first kappa shape index (κ1) is 24.5. The Labute approximate surface area is 198 Å². The summed E-state index contributed by atoms with van der Waals surface area (Å²) in [7, 11) is 1.77. The fourth-order valence-electron chi connectivity index (χ4n) is 3.40. The molecule has 0 radical (unpaired) electrons. The van der Waals surface area contributed by atoms with Gasteiger partial charge in [-0.2, -0.15) is 0 Å². The van der Waals surface area contributed by atoms with Gasteiger partial charge in [0.05, 0.1) is 12.7 Å². The third-order valence-electron chi connectivity index (χ3n) is 5.47. The van der Waals surface area contributed by atoms with Crippen molar-refractivity contribution in [2.24, 2.45) is 10.9 Å². The number of nitrogens with zero attached hydrogens (tertiary/aromatic N) is 3. The Morgan fingerprint density at radius 1 is 1.13 bits per heavy atom. The highest BCUT2D eigenvalue weighted by atomic mass is 127. The molecule has 1 aromatic carbocycles. The molecule has 1 aromatic heterocycles. The maximum atomic E-state index is 5.82. The molecule has 1 fully saturated rings. The highest BCUT2D eigenvalue weighted by Crippen LogP contribution is 2.23. The van der Waals surface area contributed by atoms with E-state index in [1.165, 1.54) is 24.1 Å². The topological polar surface area (TPSA) is 65.7 Å². The van der Waals surface area contributed by atoms with Crippen LogP contribution in [-0.2, 0) is 18.5 Å². The molecular weight excluding hydrogens is 489 g/mol. The number of nitrogens with one attached hydrogen (secondary N) is 2. The molecule has 2 N–H and O–H groups in total. The molecule has 0 aliphatic carbocycles. The number of oxazole rings is 1. The van der Waals surface area contributed by atoms with E-state index in [0.717, 1.165) is 37.3 Å². The highest BCUT2D eigenvalue weighted by molar-refractivity contribution is 14.0. The summed E-state index contributed by atoms with van der Waals surface area (Å²) in [6, 6.07) is 8.84. The Hall–Kier alpha value is -1.77. The smallest absolute Gasteiger partial charge is 0.213 e. The molecule has 0 bridgehead atoms. The predicted molar refractivity (Wildman–Crippen MR) is 135 cm³/mol. The quantitative estimate of drug-likeness (QED) is 0.337. The first-order valence-electron chi connectivity index (χ1n) is 10.6. The molecule has 0 atom stereocenters. The number of aromatic nitrogens is 1. The number of rotatable bonds is 5. The standard InChI is InChI=1S/C23H35N5O.HI/c1-17-10-12-28(13-11-17)19-8-6-18(7-9-19)14-26-22(24-5)27-16-21-25-15-20(29-21)23(2,3)4;/h6-9,15,17H,10-14,16H2,1-5H3,(H2,24,26,27);1H. The molecule has 6 nitrogen and oxygen atoms in total. The largest absolute Gasteiger partial charge is 0.443 e. The monoisotopic (exact) mass is 525 g/mol. The van der Waals surface area contributed by atoms with Gasteiger partial charge >= 0.3 is 0 Å². The van der Waals surface area contributed by atoms with E-state index in [9.17, 15) is 0 Å². The predicted octanol–water partition coefficient (Wildman–Crippen LogP) is 4.69. The number of hydrogen-bond acceptors (Lipinski definition) is 4. The number of guanidine groups is 1. The van der Waals surface area contributed by atoms with E-state index in [1.54, 1.807) is 13.2 Å². The Balaban J connectivity index is 0.00000320. The van der Waals surface area contributed by atoms with Crippen LogP contribution in [0.1, 0.15) is 57.8 Å². The summed E-state index contributed by atoms with van der Waals surface area (Å²) < 4.78 is 5.82. The Kier molecular flexibility index (Phi) is 9.00. The second-order valence-electron chi connectivity index (χ2n) is 8.98. The lowest BCUT2D eigenvalue weighted by Crippen LogP contribution is -2.36. The minimum Gasteiger partial charge on any atom is -0.443 e. The Morgan fingerprint density at radius 2 is 1.77 bits per heavy atom. The summed E-state index contributed by atoms with van der Waals surface area (Å²) in [5.41, 5.74) is 2.51. The van der Waals surface area contributed by atoms with Crippen LogP contribution in [0.3, 0.4) is 0 Å². The number of benzene rings is 1. The summed E-state index contributed by atoms with van der Waals surface area (Å²) >= 11 is 0. The molecule has 1 aliphatic heterocycles. The van der Waals surface area contributed by atoms with Crippen molar-refractivity contribution < 1.29 is 4.42 Å². The first-order chi connectivity index (χ1) is 13.8. The highest BCUT2D eigenvalue weighted by Gasteiger charge is 2.19. The molecule has 30 heavy (non-hydrogen) atoms. The van der Waals surface area contributed by atoms with Crippen LogP contribution in [0.2, 0.25) is 0 Å². The van der Waals surface area contributed by atoms with Gasteiger partial charge in [-0.3, -0.25) is 4.99 Å². The van der Waals surface area contributed by atoms with Gasteiger partial charge in [0, 0.05) is 37.8 Å². The van der Waals surface area contributed by atoms with Crippen LogP contribution in [0.15, 0.2) is 39.9 Å². The van der Waals surface area contributed by atoms with Crippen LogP contribution >= 0.6 is 24.0 Å². The van der Waals surface area contributed by atoms with Gasteiger partial charge in [0.25, 0.3) is 0 Å². The minimum atomic E-state index is -0.0379. The van der Waals surface area contributed by atoms with Crippen molar-refractivity contribution in [3.05, 3.63) is 47.7 Å². The van der Waals surface area contributed by atoms with E-state index in [-0.39, 0.29) is 29.4 Å². The number of anilines is 1. The molecule has 0 saturated carbocycles. The Bertz CT molecular complexity index is 802. The van der Waals surface area contributed by atoms with Gasteiger partial charge in [-0.1, -0.05) is 39.8 Å². The molecule has 0 spiro atoms. The van der Waals surface area contributed by atoms with Gasteiger partial charge in [0.15, 0.2) is 5.96 Å². The van der Waals surface area contributed by atoms with Crippen molar-refractivity contribution in [2.45, 2.75) is 59.0 Å². The summed E-state index contributed by atoms with van der Waals surface area (Å²) in [4.78, 5) is 11.1. The van der Waals surface area contributed by atoms with Crippen molar-refractivity contribution in [3.63, 3.8) is 0 Å². The molecule has 2 heterocycles. The molecule has 1 aliphatic rings. The molecular formula is C23H36IN5O. The summed E-state index contributed by atoms with van der Waals surface area (Å²) in [5.74, 6) is 3.14. The second-order valence-corrected chi connectivity index (χ2v) is 8.98. The third-order valence-corrected chi connectivity index (χ3v) is 5.47. The van der Waals surface area contributed by atoms with Gasteiger partial charge < -0.3 is 20.0 Å². The van der Waals surface area contributed by atoms with Gasteiger partial charge in [0.2, 0.25) is 5.89 Å². The number of halogens is 1. The first-order valence-corrected chi connectivity index (χ1v) is 10.6. The van der Waals surface area contributed by atoms with E-state index in [2.05, 4.69) is 77.5 Å². The van der Waals surface area contributed by atoms with Crippen LogP contribution in [0.5, 0.6) is 0 Å². The maximum Gasteiger partial charge on any atom is 0.213 e. The lowest BCUT2D eigenvalue weighted by molar-refractivity contribution is 0.379.